The van der Waals surface area contributed by atoms with Gasteiger partial charge in [0.25, 0.3) is 0 Å². The van der Waals surface area contributed by atoms with Crippen molar-refractivity contribution in [2.75, 3.05) is 0 Å². The highest BCUT2D eigenvalue weighted by molar-refractivity contribution is 9.08. The zero-order chi connectivity index (χ0) is 13.4. The van der Waals surface area contributed by atoms with Crippen molar-refractivity contribution in [3.8, 4) is 0 Å². The van der Waals surface area contributed by atoms with Gasteiger partial charge in [-0.05, 0) is 5.56 Å². The van der Waals surface area contributed by atoms with E-state index < -0.39 is 8.07 Å². The van der Waals surface area contributed by atoms with Gasteiger partial charge in [-0.2, -0.15) is 0 Å². The lowest BCUT2D eigenvalue weighted by atomic mass is 10.2. The molecule has 0 aliphatic carbocycles. The molecule has 102 valence electrons. The van der Waals surface area contributed by atoms with Crippen LogP contribution in [0.3, 0.4) is 0 Å². The van der Waals surface area contributed by atoms with Gasteiger partial charge < -0.3 is 0 Å². The van der Waals surface area contributed by atoms with Crippen LogP contribution in [0.15, 0.2) is 24.3 Å². The summed E-state index contributed by atoms with van der Waals surface area (Å²) in [5, 5.41) is 2.66. The van der Waals surface area contributed by atoms with Crippen LogP contribution in [0.25, 0.3) is 0 Å². The average Bonchev–Trinajstić information content (AvgIpc) is 2.39. The SMILES string of the molecule is CCC[Si](CCC)(CCC)c1ccc(CBr)cc1. The summed E-state index contributed by atoms with van der Waals surface area (Å²) < 4.78 is 0. The number of halogens is 1. The molecule has 18 heavy (non-hydrogen) atoms. The summed E-state index contributed by atoms with van der Waals surface area (Å²) >= 11 is 3.54. The predicted molar refractivity (Wildman–Crippen MR) is 89.8 cm³/mol. The van der Waals surface area contributed by atoms with Gasteiger partial charge in [0.15, 0.2) is 0 Å². The molecule has 0 aliphatic rings. The molecule has 0 heterocycles. The van der Waals surface area contributed by atoms with Crippen LogP contribution in [0.1, 0.15) is 45.6 Å². The van der Waals surface area contributed by atoms with Gasteiger partial charge in [0, 0.05) is 5.33 Å². The van der Waals surface area contributed by atoms with E-state index in [2.05, 4.69) is 61.0 Å². The van der Waals surface area contributed by atoms with Crippen molar-refractivity contribution in [2.24, 2.45) is 0 Å². The topological polar surface area (TPSA) is 0 Å². The lowest BCUT2D eigenvalue weighted by molar-refractivity contribution is 0.937. The highest BCUT2D eigenvalue weighted by Gasteiger charge is 2.31. The number of alkyl halides is 1. The zero-order valence-corrected chi connectivity index (χ0v) is 14.7. The quantitative estimate of drug-likeness (QED) is 0.439. The van der Waals surface area contributed by atoms with Crippen molar-refractivity contribution >= 4 is 29.2 Å². The normalized spacial score (nSPS) is 11.8. The predicted octanol–water partition coefficient (Wildman–Crippen LogP) is 5.47. The summed E-state index contributed by atoms with van der Waals surface area (Å²) in [4.78, 5) is 0. The first kappa shape index (κ1) is 16.0. The number of benzene rings is 1. The molecule has 0 radical (unpaired) electrons. The molecule has 0 bridgehead atoms. The minimum absolute atomic E-state index is 0.969. The highest BCUT2D eigenvalue weighted by atomic mass is 79.9. The van der Waals surface area contributed by atoms with Crippen molar-refractivity contribution in [1.82, 2.24) is 0 Å². The van der Waals surface area contributed by atoms with Gasteiger partial charge >= 0.3 is 0 Å². The molecule has 0 unspecified atom stereocenters. The lowest BCUT2D eigenvalue weighted by Gasteiger charge is -2.32. The van der Waals surface area contributed by atoms with Gasteiger partial charge in [-0.25, -0.2) is 0 Å². The zero-order valence-electron chi connectivity index (χ0n) is 12.1. The first-order valence-electron chi connectivity index (χ1n) is 7.37. The summed E-state index contributed by atoms with van der Waals surface area (Å²) in [5.74, 6) is 0. The fourth-order valence-electron chi connectivity index (χ4n) is 3.19. The standard InChI is InChI=1S/C16H27BrSi/c1-4-11-18(12-5-2,13-6-3)16-9-7-15(14-17)8-10-16/h7-10H,4-6,11-14H2,1-3H3. The fourth-order valence-corrected chi connectivity index (χ4v) is 8.93. The molecule has 1 aromatic rings. The monoisotopic (exact) mass is 326 g/mol. The van der Waals surface area contributed by atoms with E-state index in [9.17, 15) is 0 Å². The van der Waals surface area contributed by atoms with Crippen molar-refractivity contribution < 1.29 is 0 Å². The number of rotatable bonds is 8. The molecule has 0 saturated carbocycles. The summed E-state index contributed by atoms with van der Waals surface area (Å²) in [5.41, 5.74) is 1.39. The molecule has 2 heteroatoms. The lowest BCUT2D eigenvalue weighted by Crippen LogP contribution is -2.47. The summed E-state index contributed by atoms with van der Waals surface area (Å²) in [6.45, 7) is 7.04. The first-order chi connectivity index (χ1) is 8.72. The van der Waals surface area contributed by atoms with Crippen molar-refractivity contribution in [1.29, 1.82) is 0 Å². The smallest absolute Gasteiger partial charge is 0.0866 e. The Bertz CT molecular complexity index is 314. The van der Waals surface area contributed by atoms with Crippen molar-refractivity contribution in [2.45, 2.75) is 63.5 Å². The van der Waals surface area contributed by atoms with Gasteiger partial charge in [0.1, 0.15) is 0 Å². The van der Waals surface area contributed by atoms with Gasteiger partial charge in [0.05, 0.1) is 8.07 Å². The van der Waals surface area contributed by atoms with E-state index in [0.29, 0.717) is 0 Å². The third kappa shape index (κ3) is 3.96. The Hall–Kier alpha value is -0.0831. The van der Waals surface area contributed by atoms with Gasteiger partial charge in [-0.15, -0.1) is 0 Å². The fraction of sp³-hybridized carbons (Fsp3) is 0.625. The van der Waals surface area contributed by atoms with Crippen LogP contribution < -0.4 is 5.19 Å². The Morgan fingerprint density at radius 2 is 1.28 bits per heavy atom. The van der Waals surface area contributed by atoms with E-state index in [0.717, 1.165) is 5.33 Å². The summed E-state index contributed by atoms with van der Waals surface area (Å²) in [7, 11) is -1.22. The molecule has 1 aromatic carbocycles. The van der Waals surface area contributed by atoms with E-state index in [1.54, 1.807) is 5.19 Å². The molecular weight excluding hydrogens is 300 g/mol. The van der Waals surface area contributed by atoms with E-state index in [-0.39, 0.29) is 0 Å². The summed E-state index contributed by atoms with van der Waals surface area (Å²) in [6.07, 6.45) is 4.02. The van der Waals surface area contributed by atoms with Crippen LogP contribution in [0, 0.1) is 0 Å². The second-order valence-corrected chi connectivity index (χ2v) is 10.6. The molecule has 0 amide bonds. The van der Waals surface area contributed by atoms with Crippen LogP contribution in [-0.4, -0.2) is 8.07 Å². The number of hydrogen-bond donors (Lipinski definition) is 0. The Labute approximate surface area is 122 Å². The molecule has 0 saturated heterocycles. The molecule has 0 nitrogen and oxygen atoms in total. The molecule has 0 aliphatic heterocycles. The average molecular weight is 327 g/mol. The first-order valence-corrected chi connectivity index (χ1v) is 11.1. The van der Waals surface area contributed by atoms with Crippen LogP contribution >= 0.6 is 15.9 Å². The maximum Gasteiger partial charge on any atom is 0.0866 e. The van der Waals surface area contributed by atoms with Gasteiger partial charge in [-0.1, -0.05) is 104 Å². The Kier molecular flexibility index (Phi) is 7.24. The van der Waals surface area contributed by atoms with E-state index in [1.165, 1.54) is 43.0 Å². The molecule has 0 atom stereocenters. The second kappa shape index (κ2) is 8.16. The van der Waals surface area contributed by atoms with Crippen LogP contribution in [0.4, 0.5) is 0 Å². The molecule has 1 rings (SSSR count). The van der Waals surface area contributed by atoms with Crippen LogP contribution in [0.2, 0.25) is 18.1 Å². The minimum atomic E-state index is -1.22. The van der Waals surface area contributed by atoms with Crippen LogP contribution in [-0.2, 0) is 5.33 Å². The third-order valence-electron chi connectivity index (χ3n) is 3.91. The number of hydrogen-bond acceptors (Lipinski definition) is 0. The molecular formula is C16H27BrSi. The Balaban J connectivity index is 3.04. The maximum atomic E-state index is 3.54. The van der Waals surface area contributed by atoms with Crippen molar-refractivity contribution in [3.63, 3.8) is 0 Å². The van der Waals surface area contributed by atoms with E-state index >= 15 is 0 Å². The van der Waals surface area contributed by atoms with Gasteiger partial charge in [-0.3, -0.25) is 0 Å². The van der Waals surface area contributed by atoms with Crippen molar-refractivity contribution in [3.05, 3.63) is 29.8 Å². The van der Waals surface area contributed by atoms with E-state index in [1.807, 2.05) is 0 Å². The molecule has 0 N–H and O–H groups in total. The Morgan fingerprint density at radius 1 is 0.833 bits per heavy atom. The largest absolute Gasteiger partial charge is 0.0876 e. The Morgan fingerprint density at radius 3 is 1.61 bits per heavy atom. The van der Waals surface area contributed by atoms with Gasteiger partial charge in [0.2, 0.25) is 0 Å². The van der Waals surface area contributed by atoms with E-state index in [4.69, 9.17) is 0 Å². The maximum absolute atomic E-state index is 3.54. The third-order valence-corrected chi connectivity index (χ3v) is 10.5. The molecule has 0 fully saturated rings. The molecule has 0 aromatic heterocycles. The minimum Gasteiger partial charge on any atom is -0.0876 e. The summed E-state index contributed by atoms with van der Waals surface area (Å²) in [6, 6.07) is 13.8. The molecule has 0 spiro atoms. The highest BCUT2D eigenvalue weighted by Crippen LogP contribution is 2.26. The second-order valence-electron chi connectivity index (χ2n) is 5.36. The van der Waals surface area contributed by atoms with Crippen LogP contribution in [0.5, 0.6) is 0 Å².